The van der Waals surface area contributed by atoms with Crippen molar-refractivity contribution < 1.29 is 0 Å². The molecule has 2 bridgehead atoms. The van der Waals surface area contributed by atoms with Gasteiger partial charge in [-0.3, -0.25) is 0 Å². The molecule has 18 heavy (non-hydrogen) atoms. The third kappa shape index (κ3) is 2.12. The van der Waals surface area contributed by atoms with Crippen LogP contribution in [0.15, 0.2) is 0 Å². The van der Waals surface area contributed by atoms with Crippen molar-refractivity contribution in [3.05, 3.63) is 0 Å². The molecule has 0 amide bonds. The number of rotatable bonds is 2. The molecule has 1 saturated carbocycles. The lowest BCUT2D eigenvalue weighted by Crippen LogP contribution is -2.45. The minimum atomic E-state index is 0.874. The van der Waals surface area contributed by atoms with Crippen LogP contribution in [-0.4, -0.2) is 36.6 Å². The second-order valence-electron chi connectivity index (χ2n) is 7.40. The van der Waals surface area contributed by atoms with E-state index in [0.717, 1.165) is 29.8 Å². The normalized spacial score (nSPS) is 48.3. The summed E-state index contributed by atoms with van der Waals surface area (Å²) in [6.45, 7) is 4.23. The van der Waals surface area contributed by atoms with Crippen molar-refractivity contribution in [2.75, 3.05) is 19.6 Å². The van der Waals surface area contributed by atoms with Crippen molar-refractivity contribution in [1.82, 2.24) is 10.2 Å². The molecule has 4 fully saturated rings. The average Bonchev–Trinajstić information content (AvgIpc) is 3.01. The molecule has 2 heteroatoms. The van der Waals surface area contributed by atoms with Crippen molar-refractivity contribution in [2.45, 2.75) is 63.5 Å². The highest BCUT2D eigenvalue weighted by Crippen LogP contribution is 2.38. The van der Waals surface area contributed by atoms with Crippen molar-refractivity contribution in [1.29, 1.82) is 0 Å². The number of nitrogens with one attached hydrogen (secondary N) is 1. The fraction of sp³-hybridized carbons (Fsp3) is 1.00. The van der Waals surface area contributed by atoms with Gasteiger partial charge in [-0.05, 0) is 56.4 Å². The molecule has 3 heterocycles. The summed E-state index contributed by atoms with van der Waals surface area (Å²) >= 11 is 0. The smallest absolute Gasteiger partial charge is 0.0111 e. The highest BCUT2D eigenvalue weighted by molar-refractivity contribution is 4.98. The highest BCUT2D eigenvalue weighted by Gasteiger charge is 2.40. The Bertz CT molecular complexity index is 303. The SMILES string of the molecule is C1CCC2CN(CC3CC4CCC3N4)CCC2C1. The summed E-state index contributed by atoms with van der Waals surface area (Å²) in [6.07, 6.45) is 11.9. The Kier molecular flexibility index (Phi) is 3.12. The maximum atomic E-state index is 3.80. The van der Waals surface area contributed by atoms with Gasteiger partial charge in [0.1, 0.15) is 0 Å². The number of piperidine rings is 1. The van der Waals surface area contributed by atoms with E-state index in [-0.39, 0.29) is 0 Å². The van der Waals surface area contributed by atoms with E-state index in [4.69, 9.17) is 0 Å². The van der Waals surface area contributed by atoms with Crippen LogP contribution in [0, 0.1) is 17.8 Å². The topological polar surface area (TPSA) is 15.3 Å². The fourth-order valence-corrected chi connectivity index (χ4v) is 5.31. The summed E-state index contributed by atoms with van der Waals surface area (Å²) in [4.78, 5) is 2.82. The second-order valence-corrected chi connectivity index (χ2v) is 7.40. The Hall–Kier alpha value is -0.0800. The first-order valence-corrected chi connectivity index (χ1v) is 8.37. The summed E-state index contributed by atoms with van der Waals surface area (Å²) < 4.78 is 0. The first-order valence-electron chi connectivity index (χ1n) is 8.37. The van der Waals surface area contributed by atoms with E-state index in [1.54, 1.807) is 0 Å². The van der Waals surface area contributed by atoms with E-state index in [0.29, 0.717) is 0 Å². The monoisotopic (exact) mass is 248 g/mol. The lowest BCUT2D eigenvalue weighted by molar-refractivity contribution is 0.0723. The number of nitrogens with zero attached hydrogens (tertiary/aromatic N) is 1. The molecule has 0 aromatic carbocycles. The van der Waals surface area contributed by atoms with Crippen molar-refractivity contribution in [3.8, 4) is 0 Å². The van der Waals surface area contributed by atoms with Crippen LogP contribution in [0.2, 0.25) is 0 Å². The molecule has 1 N–H and O–H groups in total. The van der Waals surface area contributed by atoms with Crippen LogP contribution in [-0.2, 0) is 0 Å². The molecule has 0 aromatic heterocycles. The average molecular weight is 248 g/mol. The van der Waals surface area contributed by atoms with Crippen LogP contribution in [0.25, 0.3) is 0 Å². The van der Waals surface area contributed by atoms with Gasteiger partial charge in [0.25, 0.3) is 0 Å². The Balaban J connectivity index is 1.33. The molecule has 5 unspecified atom stereocenters. The second kappa shape index (κ2) is 4.79. The summed E-state index contributed by atoms with van der Waals surface area (Å²) in [7, 11) is 0. The van der Waals surface area contributed by atoms with Crippen LogP contribution in [0.5, 0.6) is 0 Å². The van der Waals surface area contributed by atoms with Crippen LogP contribution < -0.4 is 5.32 Å². The third-order valence-electron chi connectivity index (χ3n) is 6.30. The summed E-state index contributed by atoms with van der Waals surface area (Å²) in [5, 5.41) is 3.80. The molecule has 0 aromatic rings. The van der Waals surface area contributed by atoms with Crippen molar-refractivity contribution in [3.63, 3.8) is 0 Å². The molecular weight excluding hydrogens is 220 g/mol. The molecule has 1 aliphatic carbocycles. The fourth-order valence-electron chi connectivity index (χ4n) is 5.31. The van der Waals surface area contributed by atoms with Crippen LogP contribution in [0.1, 0.15) is 51.4 Å². The Morgan fingerprint density at radius 3 is 2.61 bits per heavy atom. The van der Waals surface area contributed by atoms with Gasteiger partial charge in [0.05, 0.1) is 0 Å². The van der Waals surface area contributed by atoms with Gasteiger partial charge >= 0.3 is 0 Å². The van der Waals surface area contributed by atoms with Crippen LogP contribution in [0.3, 0.4) is 0 Å². The summed E-state index contributed by atoms with van der Waals surface area (Å²) in [6, 6.07) is 1.76. The first-order chi connectivity index (χ1) is 8.88. The van der Waals surface area contributed by atoms with Crippen molar-refractivity contribution in [2.24, 2.45) is 17.8 Å². The number of hydrogen-bond donors (Lipinski definition) is 1. The van der Waals surface area contributed by atoms with Gasteiger partial charge in [-0.1, -0.05) is 19.3 Å². The lowest BCUT2D eigenvalue weighted by Gasteiger charge is -2.42. The van der Waals surface area contributed by atoms with E-state index in [9.17, 15) is 0 Å². The minimum absolute atomic E-state index is 0.874. The Labute approximate surface area is 111 Å². The van der Waals surface area contributed by atoms with Gasteiger partial charge in [-0.2, -0.15) is 0 Å². The minimum Gasteiger partial charge on any atom is -0.311 e. The summed E-state index contributed by atoms with van der Waals surface area (Å²) in [5.41, 5.74) is 0. The highest BCUT2D eigenvalue weighted by atomic mass is 15.2. The van der Waals surface area contributed by atoms with E-state index in [2.05, 4.69) is 10.2 Å². The summed E-state index contributed by atoms with van der Waals surface area (Å²) in [5.74, 6) is 3.12. The molecule has 3 aliphatic heterocycles. The molecule has 4 aliphatic rings. The molecule has 0 spiro atoms. The molecule has 3 saturated heterocycles. The molecule has 102 valence electrons. The first kappa shape index (κ1) is 11.7. The maximum absolute atomic E-state index is 3.80. The van der Waals surface area contributed by atoms with Gasteiger partial charge in [0.2, 0.25) is 0 Å². The van der Waals surface area contributed by atoms with Gasteiger partial charge in [0.15, 0.2) is 0 Å². The van der Waals surface area contributed by atoms with Gasteiger partial charge in [-0.25, -0.2) is 0 Å². The van der Waals surface area contributed by atoms with E-state index >= 15 is 0 Å². The molecule has 0 radical (unpaired) electrons. The molecule has 5 atom stereocenters. The van der Waals surface area contributed by atoms with Crippen molar-refractivity contribution >= 4 is 0 Å². The number of hydrogen-bond acceptors (Lipinski definition) is 2. The van der Waals surface area contributed by atoms with E-state index < -0.39 is 0 Å². The molecule has 2 nitrogen and oxygen atoms in total. The predicted octanol–water partition coefficient (Wildman–Crippen LogP) is 2.64. The van der Waals surface area contributed by atoms with Crippen LogP contribution >= 0.6 is 0 Å². The maximum Gasteiger partial charge on any atom is 0.0111 e. The molecule has 4 rings (SSSR count). The Morgan fingerprint density at radius 2 is 1.83 bits per heavy atom. The van der Waals surface area contributed by atoms with Crippen LogP contribution in [0.4, 0.5) is 0 Å². The Morgan fingerprint density at radius 1 is 0.944 bits per heavy atom. The van der Waals surface area contributed by atoms with Gasteiger partial charge in [0, 0.05) is 25.2 Å². The zero-order valence-electron chi connectivity index (χ0n) is 11.6. The third-order valence-corrected chi connectivity index (χ3v) is 6.30. The van der Waals surface area contributed by atoms with Gasteiger partial charge in [-0.15, -0.1) is 0 Å². The van der Waals surface area contributed by atoms with E-state index in [1.807, 2.05) is 0 Å². The zero-order chi connectivity index (χ0) is 11.9. The predicted molar refractivity (Wildman–Crippen MR) is 74.6 cm³/mol. The van der Waals surface area contributed by atoms with E-state index in [1.165, 1.54) is 71.0 Å². The lowest BCUT2D eigenvalue weighted by atomic mass is 9.75. The van der Waals surface area contributed by atoms with Gasteiger partial charge < -0.3 is 10.2 Å². The number of fused-ring (bicyclic) bond motifs is 3. The standard InChI is InChI=1S/C16H28N2/c1-2-4-13-10-18(8-7-12(13)3-1)11-14-9-15-5-6-16(14)17-15/h12-17H,1-11H2. The molecular formula is C16H28N2. The zero-order valence-corrected chi connectivity index (χ0v) is 11.6. The number of likely N-dealkylation sites (tertiary alicyclic amines) is 1. The largest absolute Gasteiger partial charge is 0.311 e. The quantitative estimate of drug-likeness (QED) is 0.808.